The van der Waals surface area contributed by atoms with Gasteiger partial charge in [0.05, 0.1) is 28.8 Å². The molecule has 0 spiro atoms. The first kappa shape index (κ1) is 19.2. The van der Waals surface area contributed by atoms with E-state index in [0.29, 0.717) is 17.5 Å². The van der Waals surface area contributed by atoms with Crippen molar-refractivity contribution < 1.29 is 17.9 Å². The first-order valence-corrected chi connectivity index (χ1v) is 10.2. The van der Waals surface area contributed by atoms with Crippen LogP contribution in [0.2, 0.25) is 0 Å². The number of nitrogens with zero attached hydrogens (tertiary/aromatic N) is 1. The SMILES string of the molecule is CCCCCCCCS(=O)(=O)c1ccc2nc(NC(=O)OC)[nH]c2c1. The van der Waals surface area contributed by atoms with Crippen LogP contribution in [-0.2, 0) is 14.6 Å². The monoisotopic (exact) mass is 367 g/mol. The Morgan fingerprint density at radius 3 is 2.64 bits per heavy atom. The minimum atomic E-state index is -3.32. The molecular weight excluding hydrogens is 342 g/mol. The number of sulfone groups is 1. The normalized spacial score (nSPS) is 11.6. The molecule has 0 saturated carbocycles. The van der Waals surface area contributed by atoms with Crippen LogP contribution in [0.4, 0.5) is 10.7 Å². The van der Waals surface area contributed by atoms with Crippen LogP contribution in [0.1, 0.15) is 45.4 Å². The van der Waals surface area contributed by atoms with Crippen molar-refractivity contribution in [3.63, 3.8) is 0 Å². The van der Waals surface area contributed by atoms with E-state index in [9.17, 15) is 13.2 Å². The average Bonchev–Trinajstić information content (AvgIpc) is 2.99. The van der Waals surface area contributed by atoms with Gasteiger partial charge in [-0.2, -0.15) is 0 Å². The number of rotatable bonds is 9. The molecule has 0 radical (unpaired) electrons. The van der Waals surface area contributed by atoms with Crippen LogP contribution in [0.15, 0.2) is 23.1 Å². The number of aromatic nitrogens is 2. The third-order valence-corrected chi connectivity index (χ3v) is 5.78. The predicted molar refractivity (Wildman–Crippen MR) is 97.6 cm³/mol. The molecule has 138 valence electrons. The molecular formula is C17H25N3O4S. The molecule has 1 amide bonds. The summed E-state index contributed by atoms with van der Waals surface area (Å²) in [7, 11) is -2.07. The summed E-state index contributed by atoms with van der Waals surface area (Å²) < 4.78 is 29.4. The van der Waals surface area contributed by atoms with Crippen molar-refractivity contribution in [1.29, 1.82) is 0 Å². The largest absolute Gasteiger partial charge is 0.453 e. The summed E-state index contributed by atoms with van der Waals surface area (Å²) in [5.74, 6) is 0.360. The quantitative estimate of drug-likeness (QED) is 0.655. The maximum Gasteiger partial charge on any atom is 0.413 e. The van der Waals surface area contributed by atoms with E-state index in [2.05, 4.69) is 26.9 Å². The molecule has 0 aliphatic carbocycles. The molecule has 0 aliphatic rings. The lowest BCUT2D eigenvalue weighted by Crippen LogP contribution is -2.11. The zero-order valence-electron chi connectivity index (χ0n) is 14.7. The first-order chi connectivity index (χ1) is 12.0. The summed E-state index contributed by atoms with van der Waals surface area (Å²) in [4.78, 5) is 18.5. The molecule has 2 N–H and O–H groups in total. The summed E-state index contributed by atoms with van der Waals surface area (Å²) in [5, 5.41) is 2.42. The van der Waals surface area contributed by atoms with Crippen molar-refractivity contribution in [2.45, 2.75) is 50.3 Å². The maximum absolute atomic E-state index is 12.5. The number of hydrogen-bond acceptors (Lipinski definition) is 5. The number of aromatic amines is 1. The molecule has 2 rings (SSSR count). The molecule has 0 atom stereocenters. The number of unbranched alkanes of at least 4 members (excludes halogenated alkanes) is 5. The van der Waals surface area contributed by atoms with Gasteiger partial charge in [0.2, 0.25) is 5.95 Å². The molecule has 1 aromatic heterocycles. The highest BCUT2D eigenvalue weighted by Crippen LogP contribution is 2.21. The van der Waals surface area contributed by atoms with E-state index in [1.54, 1.807) is 18.2 Å². The van der Waals surface area contributed by atoms with Gasteiger partial charge in [0, 0.05) is 0 Å². The summed E-state index contributed by atoms with van der Waals surface area (Å²) >= 11 is 0. The van der Waals surface area contributed by atoms with E-state index in [-0.39, 0.29) is 16.6 Å². The first-order valence-electron chi connectivity index (χ1n) is 8.53. The second-order valence-electron chi connectivity index (χ2n) is 5.97. The number of carbonyl (C=O) groups excluding carboxylic acids is 1. The van der Waals surface area contributed by atoms with E-state index >= 15 is 0 Å². The van der Waals surface area contributed by atoms with Crippen LogP contribution in [0.3, 0.4) is 0 Å². The number of nitrogens with one attached hydrogen (secondary N) is 2. The van der Waals surface area contributed by atoms with Crippen molar-refractivity contribution >= 4 is 32.9 Å². The Bertz CT molecular complexity index is 814. The minimum Gasteiger partial charge on any atom is -0.453 e. The van der Waals surface area contributed by atoms with E-state index in [4.69, 9.17) is 0 Å². The van der Waals surface area contributed by atoms with Crippen molar-refractivity contribution in [3.05, 3.63) is 18.2 Å². The number of carbonyl (C=O) groups is 1. The van der Waals surface area contributed by atoms with Crippen LogP contribution in [0.5, 0.6) is 0 Å². The minimum absolute atomic E-state index is 0.145. The highest BCUT2D eigenvalue weighted by atomic mass is 32.2. The van der Waals surface area contributed by atoms with E-state index in [1.165, 1.54) is 20.0 Å². The molecule has 7 nitrogen and oxygen atoms in total. The van der Waals surface area contributed by atoms with Gasteiger partial charge in [-0.3, -0.25) is 5.32 Å². The summed E-state index contributed by atoms with van der Waals surface area (Å²) in [6, 6.07) is 4.73. The van der Waals surface area contributed by atoms with Gasteiger partial charge in [-0.1, -0.05) is 39.0 Å². The molecule has 8 heteroatoms. The zero-order valence-corrected chi connectivity index (χ0v) is 15.5. The second kappa shape index (κ2) is 8.84. The fourth-order valence-corrected chi connectivity index (χ4v) is 3.97. The highest BCUT2D eigenvalue weighted by molar-refractivity contribution is 7.91. The van der Waals surface area contributed by atoms with Crippen LogP contribution in [-0.4, -0.2) is 37.3 Å². The van der Waals surface area contributed by atoms with E-state index < -0.39 is 15.9 Å². The van der Waals surface area contributed by atoms with Gasteiger partial charge < -0.3 is 9.72 Å². The van der Waals surface area contributed by atoms with Crippen molar-refractivity contribution in [2.75, 3.05) is 18.2 Å². The Balaban J connectivity index is 2.02. The number of fused-ring (bicyclic) bond motifs is 1. The van der Waals surface area contributed by atoms with Crippen molar-refractivity contribution in [1.82, 2.24) is 9.97 Å². The van der Waals surface area contributed by atoms with Crippen LogP contribution in [0.25, 0.3) is 11.0 Å². The summed E-state index contributed by atoms with van der Waals surface area (Å²) in [6.07, 6.45) is 5.56. The number of imidazole rings is 1. The Hall–Kier alpha value is -2.09. The smallest absolute Gasteiger partial charge is 0.413 e. The third kappa shape index (κ3) is 5.45. The number of hydrogen-bond donors (Lipinski definition) is 2. The summed E-state index contributed by atoms with van der Waals surface area (Å²) in [5.41, 5.74) is 1.13. The molecule has 0 aliphatic heterocycles. The topological polar surface area (TPSA) is 101 Å². The van der Waals surface area contributed by atoms with Gasteiger partial charge >= 0.3 is 6.09 Å². The molecule has 0 fully saturated rings. The Kier molecular flexibility index (Phi) is 6.81. The number of ether oxygens (including phenoxy) is 1. The molecule has 2 aromatic rings. The van der Waals surface area contributed by atoms with E-state index in [0.717, 1.165) is 19.3 Å². The highest BCUT2D eigenvalue weighted by Gasteiger charge is 2.16. The number of anilines is 1. The van der Waals surface area contributed by atoms with Crippen LogP contribution in [0, 0.1) is 0 Å². The number of methoxy groups -OCH3 is 1. The molecule has 1 heterocycles. The van der Waals surface area contributed by atoms with Crippen molar-refractivity contribution in [3.8, 4) is 0 Å². The second-order valence-corrected chi connectivity index (χ2v) is 8.08. The molecule has 25 heavy (non-hydrogen) atoms. The lowest BCUT2D eigenvalue weighted by molar-refractivity contribution is 0.186. The fourth-order valence-electron chi connectivity index (χ4n) is 2.58. The number of benzene rings is 1. The molecule has 1 aromatic carbocycles. The third-order valence-electron chi connectivity index (χ3n) is 3.98. The molecule has 0 bridgehead atoms. The van der Waals surface area contributed by atoms with Gasteiger partial charge in [-0.05, 0) is 24.6 Å². The van der Waals surface area contributed by atoms with Gasteiger partial charge in [-0.25, -0.2) is 18.2 Å². The Morgan fingerprint density at radius 2 is 1.92 bits per heavy atom. The van der Waals surface area contributed by atoms with Gasteiger partial charge in [0.25, 0.3) is 0 Å². The van der Waals surface area contributed by atoms with Gasteiger partial charge in [0.15, 0.2) is 9.84 Å². The lowest BCUT2D eigenvalue weighted by Gasteiger charge is -2.04. The standard InChI is InChI=1S/C17H25N3O4S/c1-3-4-5-6-7-8-11-25(22,23)13-9-10-14-15(12-13)19-16(18-14)20-17(21)24-2/h9-10,12H,3-8,11H2,1-2H3,(H2,18,19,20,21). The van der Waals surface area contributed by atoms with Gasteiger partial charge in [-0.15, -0.1) is 0 Å². The number of amides is 1. The predicted octanol–water partition coefficient (Wildman–Crippen LogP) is 3.88. The molecule has 0 saturated heterocycles. The van der Waals surface area contributed by atoms with Crippen LogP contribution >= 0.6 is 0 Å². The number of H-pyrrole nitrogens is 1. The summed E-state index contributed by atoms with van der Waals surface area (Å²) in [6.45, 7) is 2.15. The Labute approximate surface area is 148 Å². The Morgan fingerprint density at radius 1 is 1.20 bits per heavy atom. The maximum atomic E-state index is 12.5. The average molecular weight is 367 g/mol. The fraction of sp³-hybridized carbons (Fsp3) is 0.529. The lowest BCUT2D eigenvalue weighted by atomic mass is 10.1. The molecule has 0 unspecified atom stereocenters. The van der Waals surface area contributed by atoms with Gasteiger partial charge in [0.1, 0.15) is 0 Å². The van der Waals surface area contributed by atoms with E-state index in [1.807, 2.05) is 0 Å². The van der Waals surface area contributed by atoms with Crippen LogP contribution < -0.4 is 5.32 Å². The van der Waals surface area contributed by atoms with Crippen molar-refractivity contribution in [2.24, 2.45) is 0 Å². The zero-order chi connectivity index (χ0) is 18.3.